The number of aromatic amines is 1. The van der Waals surface area contributed by atoms with Gasteiger partial charge in [-0.25, -0.2) is 4.98 Å². The molecule has 0 saturated carbocycles. The van der Waals surface area contributed by atoms with Crippen LogP contribution >= 0.6 is 0 Å². The Morgan fingerprint density at radius 3 is 2.85 bits per heavy atom. The summed E-state index contributed by atoms with van der Waals surface area (Å²) in [4.78, 5) is 10.1. The molecule has 136 valence electrons. The number of hydrogen-bond donors (Lipinski definition) is 2. The lowest BCUT2D eigenvalue weighted by atomic mass is 10.0. The number of hydrogen-bond acceptors (Lipinski definition) is 5. The van der Waals surface area contributed by atoms with Gasteiger partial charge in [-0.2, -0.15) is 0 Å². The molecule has 26 heavy (non-hydrogen) atoms. The van der Waals surface area contributed by atoms with E-state index in [2.05, 4.69) is 27.0 Å². The molecule has 3 heterocycles. The van der Waals surface area contributed by atoms with Crippen molar-refractivity contribution in [3.63, 3.8) is 0 Å². The lowest BCUT2D eigenvalue weighted by Crippen LogP contribution is -2.37. The average Bonchev–Trinajstić information content (AvgIpc) is 3.33. The van der Waals surface area contributed by atoms with Crippen molar-refractivity contribution in [1.29, 1.82) is 0 Å². The predicted molar refractivity (Wildman–Crippen MR) is 96.2 cm³/mol. The summed E-state index contributed by atoms with van der Waals surface area (Å²) in [6, 6.07) is 14.0. The van der Waals surface area contributed by atoms with Crippen molar-refractivity contribution >= 4 is 0 Å². The SMILES string of the molecule is OCc1ccc(CN2CCc3[nH]cnc3[C@H]2COCc2ccccc2)o1. The first-order valence-electron chi connectivity index (χ1n) is 8.90. The standard InChI is InChI=1S/C20H23N3O3/c24-11-17-7-6-16(26-17)10-23-9-8-18-20(22-14-21-18)19(23)13-25-12-15-4-2-1-3-5-15/h1-7,14,19,24H,8-13H2,(H,21,22)/t19-/m1/s1. The van der Waals surface area contributed by atoms with E-state index in [0.29, 0.717) is 25.5 Å². The van der Waals surface area contributed by atoms with E-state index in [1.165, 1.54) is 5.69 Å². The number of furan rings is 1. The first kappa shape index (κ1) is 17.0. The van der Waals surface area contributed by atoms with Crippen LogP contribution in [0.4, 0.5) is 0 Å². The van der Waals surface area contributed by atoms with E-state index < -0.39 is 0 Å². The van der Waals surface area contributed by atoms with Gasteiger partial charge in [0.05, 0.1) is 37.8 Å². The van der Waals surface area contributed by atoms with Gasteiger partial charge in [-0.3, -0.25) is 4.90 Å². The van der Waals surface area contributed by atoms with Crippen LogP contribution in [0.25, 0.3) is 0 Å². The molecule has 0 amide bonds. The third-order valence-corrected chi connectivity index (χ3v) is 4.78. The normalized spacial score (nSPS) is 17.3. The summed E-state index contributed by atoms with van der Waals surface area (Å²) in [6.45, 7) is 2.66. The fourth-order valence-corrected chi connectivity index (χ4v) is 3.43. The van der Waals surface area contributed by atoms with Crippen LogP contribution in [-0.4, -0.2) is 33.1 Å². The van der Waals surface area contributed by atoms with Crippen LogP contribution in [0, 0.1) is 0 Å². The number of fused-ring (bicyclic) bond motifs is 1. The van der Waals surface area contributed by atoms with E-state index in [4.69, 9.17) is 9.15 Å². The Labute approximate surface area is 152 Å². The molecular weight excluding hydrogens is 330 g/mol. The minimum absolute atomic E-state index is 0.0763. The zero-order chi connectivity index (χ0) is 17.8. The van der Waals surface area contributed by atoms with Crippen molar-refractivity contribution in [2.24, 2.45) is 0 Å². The maximum Gasteiger partial charge on any atom is 0.129 e. The highest BCUT2D eigenvalue weighted by molar-refractivity contribution is 5.20. The zero-order valence-corrected chi connectivity index (χ0v) is 14.6. The van der Waals surface area contributed by atoms with Crippen LogP contribution in [0.3, 0.4) is 0 Å². The van der Waals surface area contributed by atoms with Crippen molar-refractivity contribution in [2.45, 2.75) is 32.2 Å². The summed E-state index contributed by atoms with van der Waals surface area (Å²) in [5, 5.41) is 9.19. The number of rotatable bonds is 7. The Morgan fingerprint density at radius 2 is 2.04 bits per heavy atom. The highest BCUT2D eigenvalue weighted by atomic mass is 16.5. The lowest BCUT2D eigenvalue weighted by molar-refractivity contribution is 0.0361. The van der Waals surface area contributed by atoms with Gasteiger partial charge in [-0.05, 0) is 17.7 Å². The first-order chi connectivity index (χ1) is 12.8. The molecule has 1 atom stereocenters. The molecule has 6 heteroatoms. The van der Waals surface area contributed by atoms with Crippen LogP contribution in [0.15, 0.2) is 53.2 Å². The number of aromatic nitrogens is 2. The van der Waals surface area contributed by atoms with Gasteiger partial charge < -0.3 is 19.2 Å². The second-order valence-electron chi connectivity index (χ2n) is 6.53. The van der Waals surface area contributed by atoms with Gasteiger partial charge in [0.15, 0.2) is 0 Å². The molecule has 0 saturated heterocycles. The topological polar surface area (TPSA) is 74.5 Å². The van der Waals surface area contributed by atoms with Gasteiger partial charge in [-0.1, -0.05) is 30.3 Å². The van der Waals surface area contributed by atoms with E-state index >= 15 is 0 Å². The number of nitrogens with zero attached hydrogens (tertiary/aromatic N) is 2. The second-order valence-corrected chi connectivity index (χ2v) is 6.53. The fourth-order valence-electron chi connectivity index (χ4n) is 3.43. The Bertz CT molecular complexity index is 828. The third kappa shape index (κ3) is 3.72. The van der Waals surface area contributed by atoms with Gasteiger partial charge in [0.25, 0.3) is 0 Å². The molecule has 0 spiro atoms. The van der Waals surface area contributed by atoms with Crippen molar-refractivity contribution in [1.82, 2.24) is 14.9 Å². The predicted octanol–water partition coefficient (Wildman–Crippen LogP) is 2.81. The number of ether oxygens (including phenoxy) is 1. The highest BCUT2D eigenvalue weighted by Crippen LogP contribution is 2.29. The van der Waals surface area contributed by atoms with E-state index in [1.807, 2.05) is 30.3 Å². The number of imidazole rings is 1. The summed E-state index contributed by atoms with van der Waals surface area (Å²) in [5.74, 6) is 1.44. The van der Waals surface area contributed by atoms with Crippen molar-refractivity contribution in [3.05, 3.63) is 77.3 Å². The Morgan fingerprint density at radius 1 is 1.19 bits per heavy atom. The summed E-state index contributed by atoms with van der Waals surface area (Å²) in [7, 11) is 0. The molecule has 3 aromatic rings. The molecule has 0 unspecified atom stereocenters. The molecule has 1 aliphatic heterocycles. The maximum atomic E-state index is 9.19. The van der Waals surface area contributed by atoms with E-state index in [0.717, 1.165) is 30.0 Å². The molecule has 0 bridgehead atoms. The van der Waals surface area contributed by atoms with E-state index in [-0.39, 0.29) is 12.6 Å². The van der Waals surface area contributed by atoms with E-state index in [9.17, 15) is 5.11 Å². The molecule has 6 nitrogen and oxygen atoms in total. The van der Waals surface area contributed by atoms with Gasteiger partial charge in [0.1, 0.15) is 18.1 Å². The number of aliphatic hydroxyl groups excluding tert-OH is 1. The summed E-state index contributed by atoms with van der Waals surface area (Å²) in [5.41, 5.74) is 3.40. The summed E-state index contributed by atoms with van der Waals surface area (Å²) < 4.78 is 11.7. The molecule has 1 aliphatic rings. The van der Waals surface area contributed by atoms with Gasteiger partial charge in [0.2, 0.25) is 0 Å². The summed E-state index contributed by atoms with van der Waals surface area (Å²) >= 11 is 0. The van der Waals surface area contributed by atoms with Crippen molar-refractivity contribution in [3.8, 4) is 0 Å². The second kappa shape index (κ2) is 7.86. The molecule has 0 radical (unpaired) electrons. The summed E-state index contributed by atoms with van der Waals surface area (Å²) in [6.07, 6.45) is 2.69. The average molecular weight is 353 g/mol. The van der Waals surface area contributed by atoms with Crippen LogP contribution in [0.2, 0.25) is 0 Å². The number of aliphatic hydroxyl groups is 1. The quantitative estimate of drug-likeness (QED) is 0.683. The zero-order valence-electron chi connectivity index (χ0n) is 14.6. The molecule has 2 aromatic heterocycles. The third-order valence-electron chi connectivity index (χ3n) is 4.78. The first-order valence-corrected chi connectivity index (χ1v) is 8.90. The molecule has 0 fully saturated rings. The lowest BCUT2D eigenvalue weighted by Gasteiger charge is -2.34. The smallest absolute Gasteiger partial charge is 0.129 e. The van der Waals surface area contributed by atoms with Crippen molar-refractivity contribution in [2.75, 3.05) is 13.2 Å². The molecule has 2 N–H and O–H groups in total. The molecule has 0 aliphatic carbocycles. The molecular formula is C20H23N3O3. The minimum Gasteiger partial charge on any atom is -0.462 e. The highest BCUT2D eigenvalue weighted by Gasteiger charge is 2.30. The number of benzene rings is 1. The largest absolute Gasteiger partial charge is 0.462 e. The Kier molecular flexibility index (Phi) is 5.15. The van der Waals surface area contributed by atoms with Crippen LogP contribution in [0.5, 0.6) is 0 Å². The van der Waals surface area contributed by atoms with Crippen LogP contribution in [-0.2, 0) is 30.9 Å². The van der Waals surface area contributed by atoms with Gasteiger partial charge in [0, 0.05) is 18.7 Å². The molecule has 4 rings (SSSR count). The minimum atomic E-state index is -0.0763. The monoisotopic (exact) mass is 353 g/mol. The molecule has 1 aromatic carbocycles. The Hall–Kier alpha value is -2.41. The Balaban J connectivity index is 1.45. The van der Waals surface area contributed by atoms with Crippen molar-refractivity contribution < 1.29 is 14.3 Å². The van der Waals surface area contributed by atoms with Crippen LogP contribution in [0.1, 0.15) is 34.5 Å². The van der Waals surface area contributed by atoms with Crippen LogP contribution < -0.4 is 0 Å². The van der Waals surface area contributed by atoms with E-state index in [1.54, 1.807) is 6.33 Å². The fraction of sp³-hybridized carbons (Fsp3) is 0.350. The number of H-pyrrole nitrogens is 1. The number of nitrogens with one attached hydrogen (secondary N) is 1. The van der Waals surface area contributed by atoms with Gasteiger partial charge in [-0.15, -0.1) is 0 Å². The maximum absolute atomic E-state index is 9.19. The van der Waals surface area contributed by atoms with Gasteiger partial charge >= 0.3 is 0 Å².